The first kappa shape index (κ1) is 16.4. The van der Waals surface area contributed by atoms with Crippen LogP contribution >= 0.6 is 0 Å². The molecule has 6 heteroatoms. The van der Waals surface area contributed by atoms with Crippen LogP contribution in [-0.4, -0.2) is 28.6 Å². The molecule has 128 valence electrons. The molecule has 2 aliphatic rings. The number of aryl methyl sites for hydroxylation is 1. The monoisotopic (exact) mass is 320 g/mol. The van der Waals surface area contributed by atoms with Crippen molar-refractivity contribution in [1.82, 2.24) is 15.5 Å². The van der Waals surface area contributed by atoms with Gasteiger partial charge in [-0.3, -0.25) is 4.79 Å². The van der Waals surface area contributed by atoms with Gasteiger partial charge < -0.3 is 15.6 Å². The lowest BCUT2D eigenvalue weighted by Gasteiger charge is -2.30. The average Bonchev–Trinajstić information content (AvgIpc) is 3.33. The molecule has 0 aromatic carbocycles. The highest BCUT2D eigenvalue weighted by atomic mass is 16.5. The molecule has 1 unspecified atom stereocenters. The van der Waals surface area contributed by atoms with Gasteiger partial charge in [0.2, 0.25) is 11.8 Å². The molecule has 0 aliphatic heterocycles. The number of hydrogen-bond acceptors (Lipinski definition) is 5. The quantitative estimate of drug-likeness (QED) is 0.766. The second kappa shape index (κ2) is 7.90. The lowest BCUT2D eigenvalue weighted by atomic mass is 9.84. The number of hydrogen-bond donors (Lipinski definition) is 2. The molecule has 2 aliphatic carbocycles. The normalized spacial score (nSPS) is 20.4. The zero-order valence-electron chi connectivity index (χ0n) is 13.8. The van der Waals surface area contributed by atoms with Crippen LogP contribution in [0.15, 0.2) is 4.52 Å². The van der Waals surface area contributed by atoms with E-state index in [2.05, 4.69) is 15.5 Å². The van der Waals surface area contributed by atoms with E-state index < -0.39 is 0 Å². The van der Waals surface area contributed by atoms with E-state index in [-0.39, 0.29) is 11.9 Å². The molecule has 6 nitrogen and oxygen atoms in total. The number of nitrogens with zero attached hydrogens (tertiary/aromatic N) is 2. The zero-order valence-corrected chi connectivity index (χ0v) is 13.8. The van der Waals surface area contributed by atoms with Crippen molar-refractivity contribution in [3.63, 3.8) is 0 Å². The Morgan fingerprint density at radius 1 is 1.26 bits per heavy atom. The standard InChI is InChI=1S/C17H28N4O2/c18-11-14(12-5-2-1-3-6-12)19-15(22)7-4-8-16-20-17(21-23-16)13-9-10-13/h12-14H,1-11,18H2,(H,19,22). The van der Waals surface area contributed by atoms with Crippen LogP contribution in [0.1, 0.15) is 75.4 Å². The summed E-state index contributed by atoms with van der Waals surface area (Å²) in [5, 5.41) is 7.12. The van der Waals surface area contributed by atoms with E-state index in [9.17, 15) is 4.79 Å². The van der Waals surface area contributed by atoms with Crippen LogP contribution in [0.25, 0.3) is 0 Å². The summed E-state index contributed by atoms with van der Waals surface area (Å²) < 4.78 is 5.23. The molecular formula is C17H28N4O2. The van der Waals surface area contributed by atoms with Gasteiger partial charge in [-0.1, -0.05) is 24.4 Å². The molecule has 1 heterocycles. The first-order valence-corrected chi connectivity index (χ1v) is 9.08. The predicted molar refractivity (Wildman–Crippen MR) is 86.8 cm³/mol. The Morgan fingerprint density at radius 2 is 2.04 bits per heavy atom. The highest BCUT2D eigenvalue weighted by Crippen LogP contribution is 2.38. The lowest BCUT2D eigenvalue weighted by Crippen LogP contribution is -2.45. The summed E-state index contributed by atoms with van der Waals surface area (Å²) >= 11 is 0. The van der Waals surface area contributed by atoms with E-state index in [1.54, 1.807) is 0 Å². The Morgan fingerprint density at radius 3 is 2.74 bits per heavy atom. The summed E-state index contributed by atoms with van der Waals surface area (Å²) in [5.74, 6) is 2.65. The fourth-order valence-electron chi connectivity index (χ4n) is 3.46. The van der Waals surface area contributed by atoms with Crippen LogP contribution in [0.2, 0.25) is 0 Å². The minimum absolute atomic E-state index is 0.0907. The van der Waals surface area contributed by atoms with Gasteiger partial charge >= 0.3 is 0 Å². The first-order chi connectivity index (χ1) is 11.3. The minimum Gasteiger partial charge on any atom is -0.352 e. The summed E-state index contributed by atoms with van der Waals surface area (Å²) in [7, 11) is 0. The molecule has 3 N–H and O–H groups in total. The zero-order chi connectivity index (χ0) is 16.1. The van der Waals surface area contributed by atoms with Crippen LogP contribution in [-0.2, 0) is 11.2 Å². The van der Waals surface area contributed by atoms with Crippen LogP contribution in [0.5, 0.6) is 0 Å². The third-order valence-corrected chi connectivity index (χ3v) is 5.04. The van der Waals surface area contributed by atoms with E-state index >= 15 is 0 Å². The topological polar surface area (TPSA) is 94.0 Å². The van der Waals surface area contributed by atoms with Crippen molar-refractivity contribution < 1.29 is 9.32 Å². The number of rotatable bonds is 8. The van der Waals surface area contributed by atoms with Gasteiger partial charge in [0.25, 0.3) is 0 Å². The maximum Gasteiger partial charge on any atom is 0.226 e. The van der Waals surface area contributed by atoms with Gasteiger partial charge in [-0.2, -0.15) is 4.98 Å². The third-order valence-electron chi connectivity index (χ3n) is 5.04. The molecule has 0 spiro atoms. The summed E-state index contributed by atoms with van der Waals surface area (Å²) in [5.41, 5.74) is 5.86. The maximum absolute atomic E-state index is 12.1. The van der Waals surface area contributed by atoms with Crippen molar-refractivity contribution in [2.45, 2.75) is 76.2 Å². The summed E-state index contributed by atoms with van der Waals surface area (Å²) in [6, 6.07) is 0.132. The van der Waals surface area contributed by atoms with Crippen LogP contribution < -0.4 is 11.1 Å². The van der Waals surface area contributed by atoms with E-state index in [0.29, 0.717) is 37.1 Å². The lowest BCUT2D eigenvalue weighted by molar-refractivity contribution is -0.122. The Labute approximate surface area is 137 Å². The fraction of sp³-hybridized carbons (Fsp3) is 0.824. The highest BCUT2D eigenvalue weighted by Gasteiger charge is 2.28. The number of carbonyl (C=O) groups excluding carboxylic acids is 1. The predicted octanol–water partition coefficient (Wildman–Crippen LogP) is 2.29. The number of nitrogens with one attached hydrogen (secondary N) is 1. The van der Waals surface area contributed by atoms with E-state index in [4.69, 9.17) is 10.3 Å². The molecular weight excluding hydrogens is 292 g/mol. The summed E-state index contributed by atoms with van der Waals surface area (Å²) in [6.07, 6.45) is 10.5. The number of amides is 1. The molecule has 1 atom stereocenters. The van der Waals surface area contributed by atoms with Gasteiger partial charge in [0.05, 0.1) is 0 Å². The largest absolute Gasteiger partial charge is 0.352 e. The van der Waals surface area contributed by atoms with Crippen molar-refractivity contribution in [2.75, 3.05) is 6.54 Å². The van der Waals surface area contributed by atoms with Gasteiger partial charge in [-0.25, -0.2) is 0 Å². The first-order valence-electron chi connectivity index (χ1n) is 9.08. The Balaban J connectivity index is 1.37. The highest BCUT2D eigenvalue weighted by molar-refractivity contribution is 5.76. The fourth-order valence-corrected chi connectivity index (χ4v) is 3.46. The Kier molecular flexibility index (Phi) is 5.65. The number of aromatic nitrogens is 2. The number of nitrogens with two attached hydrogens (primary N) is 1. The second-order valence-electron chi connectivity index (χ2n) is 6.98. The average molecular weight is 320 g/mol. The van der Waals surface area contributed by atoms with E-state index in [0.717, 1.165) is 12.2 Å². The smallest absolute Gasteiger partial charge is 0.226 e. The molecule has 1 aromatic heterocycles. The van der Waals surface area contributed by atoms with Gasteiger partial charge in [-0.05, 0) is 38.0 Å². The maximum atomic E-state index is 12.1. The van der Waals surface area contributed by atoms with Gasteiger partial charge in [-0.15, -0.1) is 0 Å². The molecule has 1 aromatic rings. The number of carbonyl (C=O) groups is 1. The van der Waals surface area contributed by atoms with Gasteiger partial charge in [0.15, 0.2) is 5.82 Å². The van der Waals surface area contributed by atoms with Gasteiger partial charge in [0, 0.05) is 31.3 Å². The molecule has 0 bridgehead atoms. The van der Waals surface area contributed by atoms with Crippen molar-refractivity contribution in [1.29, 1.82) is 0 Å². The van der Waals surface area contributed by atoms with Crippen LogP contribution in [0, 0.1) is 5.92 Å². The van der Waals surface area contributed by atoms with Crippen LogP contribution in [0.4, 0.5) is 0 Å². The third kappa shape index (κ3) is 4.77. The molecule has 0 radical (unpaired) electrons. The molecule has 2 saturated carbocycles. The van der Waals surface area contributed by atoms with Crippen molar-refractivity contribution in [3.05, 3.63) is 11.7 Å². The minimum atomic E-state index is 0.0907. The SMILES string of the molecule is NCC(NC(=O)CCCc1nc(C2CC2)no1)C1CCCCC1. The summed E-state index contributed by atoms with van der Waals surface area (Å²) in [4.78, 5) is 16.5. The second-order valence-corrected chi connectivity index (χ2v) is 6.98. The van der Waals surface area contributed by atoms with Gasteiger partial charge in [0.1, 0.15) is 0 Å². The molecule has 2 fully saturated rings. The molecule has 3 rings (SSSR count). The molecule has 0 saturated heterocycles. The Bertz CT molecular complexity index is 506. The Hall–Kier alpha value is -1.43. The van der Waals surface area contributed by atoms with Crippen molar-refractivity contribution >= 4 is 5.91 Å². The van der Waals surface area contributed by atoms with Crippen molar-refractivity contribution in [3.8, 4) is 0 Å². The molecule has 1 amide bonds. The summed E-state index contributed by atoms with van der Waals surface area (Å²) in [6.45, 7) is 0.533. The van der Waals surface area contributed by atoms with E-state index in [1.807, 2.05) is 0 Å². The van der Waals surface area contributed by atoms with Crippen LogP contribution in [0.3, 0.4) is 0 Å². The molecule has 23 heavy (non-hydrogen) atoms. The van der Waals surface area contributed by atoms with Crippen molar-refractivity contribution in [2.24, 2.45) is 11.7 Å². The van der Waals surface area contributed by atoms with E-state index in [1.165, 1.54) is 44.9 Å².